The molecule has 0 aromatic carbocycles. The minimum absolute atomic E-state index is 0.0764. The fourth-order valence-corrected chi connectivity index (χ4v) is 2.26. The highest BCUT2D eigenvalue weighted by Crippen LogP contribution is 2.09. The van der Waals surface area contributed by atoms with Crippen LogP contribution in [0.5, 0.6) is 0 Å². The highest BCUT2D eigenvalue weighted by molar-refractivity contribution is 5.92. The maximum atomic E-state index is 11.2. The second-order valence-electron chi connectivity index (χ2n) is 5.02. The van der Waals surface area contributed by atoms with Crippen molar-refractivity contribution in [3.05, 3.63) is 24.8 Å². The number of nitrogens with zero attached hydrogens (tertiary/aromatic N) is 2. The average Bonchev–Trinajstić information content (AvgIpc) is 3.09. The van der Waals surface area contributed by atoms with Gasteiger partial charge in [-0.1, -0.05) is 13.2 Å². The van der Waals surface area contributed by atoms with Crippen molar-refractivity contribution in [3.63, 3.8) is 0 Å². The molecule has 0 bridgehead atoms. The van der Waals surface area contributed by atoms with Gasteiger partial charge in [0.2, 0.25) is 11.8 Å². The molecular formula is C15H24N2O2. The molecule has 106 valence electrons. The zero-order valence-corrected chi connectivity index (χ0v) is 11.9. The first kappa shape index (κ1) is 15.5. The van der Waals surface area contributed by atoms with Gasteiger partial charge in [0.05, 0.1) is 0 Å². The van der Waals surface area contributed by atoms with E-state index in [-0.39, 0.29) is 11.8 Å². The Kier molecular flexibility index (Phi) is 6.33. The smallest absolute Gasteiger partial charge is 0.248 e. The number of rotatable bonds is 2. The summed E-state index contributed by atoms with van der Waals surface area (Å²) in [5.74, 6) is 0.199. The van der Waals surface area contributed by atoms with Crippen LogP contribution in [0.25, 0.3) is 0 Å². The maximum absolute atomic E-state index is 11.2. The molecule has 0 spiro atoms. The number of carbonyl (C=O) groups is 2. The lowest BCUT2D eigenvalue weighted by Gasteiger charge is -2.14. The van der Waals surface area contributed by atoms with E-state index in [1.807, 2.05) is 9.80 Å². The minimum atomic E-state index is 0.0764. The van der Waals surface area contributed by atoms with Gasteiger partial charge in [0, 0.05) is 31.8 Å². The Labute approximate surface area is 115 Å². The Morgan fingerprint density at radius 1 is 0.947 bits per heavy atom. The van der Waals surface area contributed by atoms with Crippen molar-refractivity contribution in [3.8, 4) is 0 Å². The number of carbonyl (C=O) groups excluding carboxylic acids is 2. The third-order valence-electron chi connectivity index (χ3n) is 3.35. The molecular weight excluding hydrogens is 240 g/mol. The Hall–Kier alpha value is -1.58. The number of likely N-dealkylation sites (tertiary alicyclic amines) is 2. The number of hydrogen-bond donors (Lipinski definition) is 0. The van der Waals surface area contributed by atoms with Gasteiger partial charge in [0.25, 0.3) is 0 Å². The van der Waals surface area contributed by atoms with Crippen molar-refractivity contribution in [2.75, 3.05) is 26.2 Å². The first-order valence-corrected chi connectivity index (χ1v) is 6.92. The Balaban J connectivity index is 0.000000191. The van der Waals surface area contributed by atoms with Crippen LogP contribution in [-0.2, 0) is 9.59 Å². The summed E-state index contributed by atoms with van der Waals surface area (Å²) < 4.78 is 0. The van der Waals surface area contributed by atoms with E-state index in [0.29, 0.717) is 5.57 Å². The molecule has 2 aliphatic rings. The van der Waals surface area contributed by atoms with Crippen LogP contribution in [0.1, 0.15) is 32.6 Å². The van der Waals surface area contributed by atoms with Crippen molar-refractivity contribution in [2.45, 2.75) is 32.6 Å². The Bertz CT molecular complexity index is 351. The minimum Gasteiger partial charge on any atom is -0.339 e. The fraction of sp³-hybridized carbons (Fsp3) is 0.600. The van der Waals surface area contributed by atoms with Crippen molar-refractivity contribution in [2.24, 2.45) is 0 Å². The van der Waals surface area contributed by atoms with E-state index in [4.69, 9.17) is 0 Å². The molecule has 4 nitrogen and oxygen atoms in total. The van der Waals surface area contributed by atoms with Gasteiger partial charge in [-0.25, -0.2) is 0 Å². The van der Waals surface area contributed by atoms with E-state index in [9.17, 15) is 9.59 Å². The predicted molar refractivity (Wildman–Crippen MR) is 76.6 cm³/mol. The SMILES string of the molecule is C=C(C)C(=O)N1CCCC1.C=CC(=O)N1CCCC1. The summed E-state index contributed by atoms with van der Waals surface area (Å²) in [4.78, 5) is 25.7. The zero-order valence-electron chi connectivity index (χ0n) is 11.9. The third-order valence-corrected chi connectivity index (χ3v) is 3.35. The van der Waals surface area contributed by atoms with Gasteiger partial charge in [-0.2, -0.15) is 0 Å². The van der Waals surface area contributed by atoms with E-state index in [2.05, 4.69) is 13.2 Å². The first-order chi connectivity index (χ1) is 9.06. The molecule has 2 heterocycles. The van der Waals surface area contributed by atoms with Gasteiger partial charge in [-0.05, 0) is 38.7 Å². The molecule has 0 atom stereocenters. The number of hydrogen-bond acceptors (Lipinski definition) is 2. The summed E-state index contributed by atoms with van der Waals surface area (Å²) in [5.41, 5.74) is 0.655. The largest absolute Gasteiger partial charge is 0.339 e. The van der Waals surface area contributed by atoms with Crippen molar-refractivity contribution < 1.29 is 9.59 Å². The standard InChI is InChI=1S/C8H13NO.C7H11NO/c1-7(2)8(10)9-5-3-4-6-9;1-2-7(9)8-5-3-4-6-8/h1,3-6H2,2H3;2H,1,3-6H2. The van der Waals surface area contributed by atoms with Gasteiger partial charge in [-0.3, -0.25) is 9.59 Å². The van der Waals surface area contributed by atoms with E-state index < -0.39 is 0 Å². The van der Waals surface area contributed by atoms with Crippen molar-refractivity contribution in [1.82, 2.24) is 9.80 Å². The van der Waals surface area contributed by atoms with Crippen LogP contribution in [0.3, 0.4) is 0 Å². The van der Waals surface area contributed by atoms with E-state index in [0.717, 1.165) is 51.9 Å². The normalized spacial score (nSPS) is 17.7. The van der Waals surface area contributed by atoms with Crippen LogP contribution in [-0.4, -0.2) is 47.8 Å². The second-order valence-corrected chi connectivity index (χ2v) is 5.02. The second kappa shape index (κ2) is 7.77. The highest BCUT2D eigenvalue weighted by Gasteiger charge is 2.17. The average molecular weight is 264 g/mol. The molecule has 0 unspecified atom stereocenters. The van der Waals surface area contributed by atoms with Crippen LogP contribution in [0.4, 0.5) is 0 Å². The molecule has 2 amide bonds. The molecule has 2 fully saturated rings. The molecule has 0 aromatic heterocycles. The molecule has 0 N–H and O–H groups in total. The summed E-state index contributed by atoms with van der Waals surface area (Å²) in [6, 6.07) is 0. The van der Waals surface area contributed by atoms with E-state index in [1.54, 1.807) is 6.92 Å². The maximum Gasteiger partial charge on any atom is 0.248 e. The van der Waals surface area contributed by atoms with Crippen LogP contribution in [0.15, 0.2) is 24.8 Å². The monoisotopic (exact) mass is 264 g/mol. The molecule has 0 radical (unpaired) electrons. The molecule has 0 aromatic rings. The summed E-state index contributed by atoms with van der Waals surface area (Å²) in [5, 5.41) is 0. The summed E-state index contributed by atoms with van der Waals surface area (Å²) >= 11 is 0. The molecule has 2 aliphatic heterocycles. The quantitative estimate of drug-likeness (QED) is 0.716. The lowest BCUT2D eigenvalue weighted by molar-refractivity contribution is -0.126. The van der Waals surface area contributed by atoms with Crippen LogP contribution < -0.4 is 0 Å². The molecule has 0 saturated carbocycles. The molecule has 2 rings (SSSR count). The Morgan fingerprint density at radius 2 is 1.37 bits per heavy atom. The third kappa shape index (κ3) is 4.89. The molecule has 4 heteroatoms. The van der Waals surface area contributed by atoms with E-state index >= 15 is 0 Å². The van der Waals surface area contributed by atoms with E-state index in [1.165, 1.54) is 6.08 Å². The molecule has 0 aliphatic carbocycles. The van der Waals surface area contributed by atoms with Gasteiger partial charge >= 0.3 is 0 Å². The topological polar surface area (TPSA) is 40.6 Å². The fourth-order valence-electron chi connectivity index (χ4n) is 2.26. The molecule has 19 heavy (non-hydrogen) atoms. The predicted octanol–water partition coefficient (Wildman–Crippen LogP) is 1.98. The van der Waals surface area contributed by atoms with Crippen molar-refractivity contribution in [1.29, 1.82) is 0 Å². The zero-order chi connectivity index (χ0) is 14.3. The van der Waals surface area contributed by atoms with Crippen LogP contribution in [0.2, 0.25) is 0 Å². The van der Waals surface area contributed by atoms with Crippen LogP contribution in [0, 0.1) is 0 Å². The summed E-state index contributed by atoms with van der Waals surface area (Å²) in [6.07, 6.45) is 5.99. The first-order valence-electron chi connectivity index (χ1n) is 6.92. The number of amides is 2. The highest BCUT2D eigenvalue weighted by atomic mass is 16.2. The summed E-state index contributed by atoms with van der Waals surface area (Å²) in [6.45, 7) is 12.5. The summed E-state index contributed by atoms with van der Waals surface area (Å²) in [7, 11) is 0. The lowest BCUT2D eigenvalue weighted by Crippen LogP contribution is -2.27. The Morgan fingerprint density at radius 3 is 1.74 bits per heavy atom. The molecule has 2 saturated heterocycles. The van der Waals surface area contributed by atoms with Gasteiger partial charge in [0.1, 0.15) is 0 Å². The lowest BCUT2D eigenvalue weighted by atomic mass is 10.3. The van der Waals surface area contributed by atoms with Gasteiger partial charge in [-0.15, -0.1) is 0 Å². The van der Waals surface area contributed by atoms with Crippen LogP contribution >= 0.6 is 0 Å². The van der Waals surface area contributed by atoms with Crippen molar-refractivity contribution >= 4 is 11.8 Å². The van der Waals surface area contributed by atoms with Gasteiger partial charge < -0.3 is 9.80 Å². The van der Waals surface area contributed by atoms with Gasteiger partial charge in [0.15, 0.2) is 0 Å².